The van der Waals surface area contributed by atoms with Gasteiger partial charge in [-0.3, -0.25) is 4.79 Å². The molecule has 4 heteroatoms. The fourth-order valence-electron chi connectivity index (χ4n) is 2.13. The average molecular weight is 219 g/mol. The maximum atomic E-state index is 11.9. The molecule has 1 aliphatic heterocycles. The van der Waals surface area contributed by atoms with Crippen LogP contribution < -0.4 is 16.4 Å². The molecule has 1 aromatic carbocycles. The Morgan fingerprint density at radius 1 is 1.44 bits per heavy atom. The van der Waals surface area contributed by atoms with Crippen LogP contribution in [0.1, 0.15) is 18.9 Å². The van der Waals surface area contributed by atoms with E-state index in [-0.39, 0.29) is 11.9 Å². The molecule has 4 N–H and O–H groups in total. The number of anilines is 2. The lowest BCUT2D eigenvalue weighted by molar-refractivity contribution is -0.119. The molecule has 0 aromatic heterocycles. The summed E-state index contributed by atoms with van der Waals surface area (Å²) in [7, 11) is 0. The summed E-state index contributed by atoms with van der Waals surface area (Å²) in [5, 5.41) is 0. The number of carbonyl (C=O) groups is 1. The Morgan fingerprint density at radius 2 is 2.19 bits per heavy atom. The van der Waals surface area contributed by atoms with Gasteiger partial charge in [0.15, 0.2) is 0 Å². The molecule has 86 valence electrons. The number of nitrogen functional groups attached to an aromatic ring is 1. The Hall–Kier alpha value is -1.55. The maximum absolute atomic E-state index is 11.9. The number of amides is 1. The molecule has 1 heterocycles. The molecule has 1 unspecified atom stereocenters. The van der Waals surface area contributed by atoms with Crippen molar-refractivity contribution in [1.29, 1.82) is 0 Å². The van der Waals surface area contributed by atoms with E-state index in [1.807, 2.05) is 25.1 Å². The average Bonchev–Trinajstić information content (AvgIpc) is 2.28. The number of benzene rings is 1. The van der Waals surface area contributed by atoms with Crippen molar-refractivity contribution in [3.63, 3.8) is 0 Å². The molecule has 0 spiro atoms. The van der Waals surface area contributed by atoms with E-state index in [9.17, 15) is 4.79 Å². The van der Waals surface area contributed by atoms with Crippen molar-refractivity contribution in [3.05, 3.63) is 23.8 Å². The van der Waals surface area contributed by atoms with Gasteiger partial charge < -0.3 is 16.4 Å². The van der Waals surface area contributed by atoms with Crippen LogP contribution in [0.25, 0.3) is 0 Å². The number of hydrogen-bond acceptors (Lipinski definition) is 3. The molecule has 0 bridgehead atoms. The van der Waals surface area contributed by atoms with Crippen molar-refractivity contribution >= 4 is 17.3 Å². The Labute approximate surface area is 95.2 Å². The van der Waals surface area contributed by atoms with Gasteiger partial charge in [-0.2, -0.15) is 0 Å². The van der Waals surface area contributed by atoms with Gasteiger partial charge in [-0.15, -0.1) is 0 Å². The maximum Gasteiger partial charge on any atom is 0.227 e. The van der Waals surface area contributed by atoms with Crippen molar-refractivity contribution < 1.29 is 4.79 Å². The molecule has 1 atom stereocenters. The molecule has 1 amide bonds. The first-order valence-corrected chi connectivity index (χ1v) is 5.54. The number of rotatable bonds is 2. The summed E-state index contributed by atoms with van der Waals surface area (Å²) in [5.74, 6) is 0.148. The number of hydrogen-bond donors (Lipinski definition) is 2. The lowest BCUT2D eigenvalue weighted by Gasteiger charge is -2.34. The Kier molecular flexibility index (Phi) is 2.83. The van der Waals surface area contributed by atoms with Crippen LogP contribution in [0, 0.1) is 0 Å². The predicted molar refractivity (Wildman–Crippen MR) is 65.2 cm³/mol. The number of nitrogens with zero attached hydrogens (tertiary/aromatic N) is 1. The van der Waals surface area contributed by atoms with E-state index in [1.54, 1.807) is 4.90 Å². The van der Waals surface area contributed by atoms with Gasteiger partial charge >= 0.3 is 0 Å². The highest BCUT2D eigenvalue weighted by molar-refractivity contribution is 5.97. The van der Waals surface area contributed by atoms with Crippen LogP contribution in [-0.2, 0) is 11.2 Å². The van der Waals surface area contributed by atoms with Crippen molar-refractivity contribution in [3.8, 4) is 0 Å². The van der Waals surface area contributed by atoms with Crippen molar-refractivity contribution in [1.82, 2.24) is 0 Å². The van der Waals surface area contributed by atoms with E-state index in [0.29, 0.717) is 13.0 Å². The Morgan fingerprint density at radius 3 is 2.88 bits per heavy atom. The zero-order valence-corrected chi connectivity index (χ0v) is 9.44. The SMILES string of the molecule is CC(CN)N1C(=O)CCc2cc(N)ccc21. The highest BCUT2D eigenvalue weighted by Crippen LogP contribution is 2.30. The monoisotopic (exact) mass is 219 g/mol. The minimum absolute atomic E-state index is 0.0372. The van der Waals surface area contributed by atoms with Crippen molar-refractivity contribution in [2.45, 2.75) is 25.8 Å². The van der Waals surface area contributed by atoms with Gasteiger partial charge in [0.05, 0.1) is 0 Å². The first-order valence-electron chi connectivity index (χ1n) is 5.54. The molecule has 1 aromatic rings. The van der Waals surface area contributed by atoms with E-state index in [0.717, 1.165) is 23.4 Å². The first-order chi connectivity index (χ1) is 7.63. The molecule has 2 rings (SSSR count). The van der Waals surface area contributed by atoms with Crippen LogP contribution in [0.15, 0.2) is 18.2 Å². The summed E-state index contributed by atoms with van der Waals surface area (Å²) in [6.45, 7) is 2.43. The zero-order valence-electron chi connectivity index (χ0n) is 9.44. The second-order valence-corrected chi connectivity index (χ2v) is 4.24. The molecule has 0 saturated carbocycles. The smallest absolute Gasteiger partial charge is 0.227 e. The number of fused-ring (bicyclic) bond motifs is 1. The van der Waals surface area contributed by atoms with Gasteiger partial charge in [0.25, 0.3) is 0 Å². The standard InChI is InChI=1S/C12H17N3O/c1-8(7-13)15-11-4-3-10(14)6-9(11)2-5-12(15)16/h3-4,6,8H,2,5,7,13-14H2,1H3. The third-order valence-electron chi connectivity index (χ3n) is 3.02. The fraction of sp³-hybridized carbons (Fsp3) is 0.417. The first kappa shape index (κ1) is 11.0. The van der Waals surface area contributed by atoms with E-state index in [4.69, 9.17) is 11.5 Å². The summed E-state index contributed by atoms with van der Waals surface area (Å²) >= 11 is 0. The van der Waals surface area contributed by atoms with Crippen LogP contribution in [0.4, 0.5) is 11.4 Å². The molecule has 16 heavy (non-hydrogen) atoms. The minimum atomic E-state index is 0.0372. The van der Waals surface area contributed by atoms with Crippen LogP contribution in [-0.4, -0.2) is 18.5 Å². The molecule has 0 aliphatic carbocycles. The molecular weight excluding hydrogens is 202 g/mol. The van der Waals surface area contributed by atoms with Crippen LogP contribution in [0.3, 0.4) is 0 Å². The summed E-state index contributed by atoms with van der Waals surface area (Å²) in [5.41, 5.74) is 14.2. The van der Waals surface area contributed by atoms with Crippen molar-refractivity contribution in [2.24, 2.45) is 5.73 Å². The van der Waals surface area contributed by atoms with Gasteiger partial charge in [0, 0.05) is 30.4 Å². The largest absolute Gasteiger partial charge is 0.399 e. The van der Waals surface area contributed by atoms with E-state index in [2.05, 4.69) is 0 Å². The Bertz CT molecular complexity index is 417. The summed E-state index contributed by atoms with van der Waals surface area (Å²) < 4.78 is 0. The second-order valence-electron chi connectivity index (χ2n) is 4.24. The summed E-state index contributed by atoms with van der Waals surface area (Å²) in [6, 6.07) is 5.72. The van der Waals surface area contributed by atoms with Crippen LogP contribution in [0.5, 0.6) is 0 Å². The molecule has 1 aliphatic rings. The quantitative estimate of drug-likeness (QED) is 0.726. The molecule has 4 nitrogen and oxygen atoms in total. The van der Waals surface area contributed by atoms with Crippen LogP contribution in [0.2, 0.25) is 0 Å². The van der Waals surface area contributed by atoms with E-state index < -0.39 is 0 Å². The van der Waals surface area contributed by atoms with Gasteiger partial charge in [-0.1, -0.05) is 0 Å². The second kappa shape index (κ2) is 4.14. The molecule has 0 radical (unpaired) electrons. The lowest BCUT2D eigenvalue weighted by Crippen LogP contribution is -2.45. The number of aryl methyl sites for hydroxylation is 1. The number of carbonyl (C=O) groups excluding carboxylic acids is 1. The van der Waals surface area contributed by atoms with Crippen molar-refractivity contribution in [2.75, 3.05) is 17.2 Å². The number of nitrogens with two attached hydrogens (primary N) is 2. The Balaban J connectivity index is 2.44. The zero-order chi connectivity index (χ0) is 11.7. The third-order valence-corrected chi connectivity index (χ3v) is 3.02. The van der Waals surface area contributed by atoms with Gasteiger partial charge in [-0.05, 0) is 37.1 Å². The molecular formula is C12H17N3O. The minimum Gasteiger partial charge on any atom is -0.399 e. The fourth-order valence-corrected chi connectivity index (χ4v) is 2.13. The molecule has 0 fully saturated rings. The summed E-state index contributed by atoms with van der Waals surface area (Å²) in [4.78, 5) is 13.7. The topological polar surface area (TPSA) is 72.3 Å². The predicted octanol–water partition coefficient (Wildman–Crippen LogP) is 0.895. The highest BCUT2D eigenvalue weighted by atomic mass is 16.2. The van der Waals surface area contributed by atoms with Gasteiger partial charge in [0.2, 0.25) is 5.91 Å². The van der Waals surface area contributed by atoms with E-state index in [1.165, 1.54) is 0 Å². The normalized spacial score (nSPS) is 17.1. The third kappa shape index (κ3) is 1.76. The summed E-state index contributed by atoms with van der Waals surface area (Å²) in [6.07, 6.45) is 1.31. The van der Waals surface area contributed by atoms with E-state index >= 15 is 0 Å². The van der Waals surface area contributed by atoms with Gasteiger partial charge in [-0.25, -0.2) is 0 Å². The van der Waals surface area contributed by atoms with Crippen LogP contribution >= 0.6 is 0 Å². The molecule has 0 saturated heterocycles. The highest BCUT2D eigenvalue weighted by Gasteiger charge is 2.27. The lowest BCUT2D eigenvalue weighted by atomic mass is 9.99. The van der Waals surface area contributed by atoms with Gasteiger partial charge in [0.1, 0.15) is 0 Å².